The number of nitrogens with zero attached hydrogens (tertiary/aromatic N) is 3. The van der Waals surface area contributed by atoms with Gasteiger partial charge in [0.1, 0.15) is 0 Å². The summed E-state index contributed by atoms with van der Waals surface area (Å²) in [7, 11) is 2.25. The first-order chi connectivity index (χ1) is 13.5. The van der Waals surface area contributed by atoms with E-state index in [1.165, 1.54) is 12.0 Å². The molecular formula is C24H31N3O. The van der Waals surface area contributed by atoms with Crippen molar-refractivity contribution in [3.8, 4) is 0 Å². The van der Waals surface area contributed by atoms with E-state index < -0.39 is 0 Å². The van der Waals surface area contributed by atoms with Crippen molar-refractivity contribution in [2.75, 3.05) is 33.2 Å². The fourth-order valence-electron chi connectivity index (χ4n) is 5.25. The summed E-state index contributed by atoms with van der Waals surface area (Å²) in [5, 5.41) is 0. The predicted molar refractivity (Wildman–Crippen MR) is 113 cm³/mol. The average molecular weight is 378 g/mol. The Kier molecular flexibility index (Phi) is 5.24. The number of pyridine rings is 1. The summed E-state index contributed by atoms with van der Waals surface area (Å²) in [5.41, 5.74) is 4.52. The minimum Gasteiger partial charge on any atom is -0.339 e. The van der Waals surface area contributed by atoms with Crippen molar-refractivity contribution in [2.45, 2.75) is 39.0 Å². The van der Waals surface area contributed by atoms with Crippen molar-refractivity contribution in [2.24, 2.45) is 5.41 Å². The third-order valence-electron chi connectivity index (χ3n) is 6.68. The Hall–Kier alpha value is -2.20. The number of benzene rings is 1. The fourth-order valence-corrected chi connectivity index (χ4v) is 5.25. The quantitative estimate of drug-likeness (QED) is 0.792. The summed E-state index contributed by atoms with van der Waals surface area (Å²) in [6, 6.07) is 12.9. The molecule has 1 amide bonds. The second-order valence-corrected chi connectivity index (χ2v) is 8.94. The van der Waals surface area contributed by atoms with Crippen LogP contribution in [0.5, 0.6) is 0 Å². The van der Waals surface area contributed by atoms with Gasteiger partial charge in [0.15, 0.2) is 0 Å². The molecule has 1 spiro atoms. The summed E-state index contributed by atoms with van der Waals surface area (Å²) in [6.45, 7) is 7.94. The van der Waals surface area contributed by atoms with Crippen LogP contribution < -0.4 is 0 Å². The van der Waals surface area contributed by atoms with Crippen LogP contribution in [0.4, 0.5) is 0 Å². The smallest absolute Gasteiger partial charge is 0.255 e. The van der Waals surface area contributed by atoms with Crippen molar-refractivity contribution >= 4 is 5.91 Å². The van der Waals surface area contributed by atoms with E-state index in [4.69, 9.17) is 0 Å². The summed E-state index contributed by atoms with van der Waals surface area (Å²) >= 11 is 0. The van der Waals surface area contributed by atoms with Gasteiger partial charge in [-0.3, -0.25) is 9.78 Å². The number of aryl methyl sites for hydroxylation is 2. The summed E-state index contributed by atoms with van der Waals surface area (Å²) in [6.07, 6.45) is 5.15. The van der Waals surface area contributed by atoms with Crippen LogP contribution in [0.2, 0.25) is 0 Å². The molecule has 0 aliphatic carbocycles. The molecule has 0 radical (unpaired) electrons. The maximum Gasteiger partial charge on any atom is 0.255 e. The summed E-state index contributed by atoms with van der Waals surface area (Å²) in [4.78, 5) is 21.9. The molecule has 4 rings (SSSR count). The van der Waals surface area contributed by atoms with Gasteiger partial charge in [0.2, 0.25) is 0 Å². The topological polar surface area (TPSA) is 36.4 Å². The molecule has 2 saturated heterocycles. The Balaban J connectivity index is 1.45. The third-order valence-corrected chi connectivity index (χ3v) is 6.68. The molecule has 0 N–H and O–H groups in total. The van der Waals surface area contributed by atoms with Crippen molar-refractivity contribution in [3.63, 3.8) is 0 Å². The highest BCUT2D eigenvalue weighted by Crippen LogP contribution is 2.44. The van der Waals surface area contributed by atoms with Crippen LogP contribution in [0.25, 0.3) is 0 Å². The second kappa shape index (κ2) is 7.67. The summed E-state index contributed by atoms with van der Waals surface area (Å²) < 4.78 is 0. The van der Waals surface area contributed by atoms with E-state index in [-0.39, 0.29) is 5.91 Å². The van der Waals surface area contributed by atoms with Gasteiger partial charge in [0.05, 0.1) is 5.56 Å². The molecular weight excluding hydrogens is 346 g/mol. The average Bonchev–Trinajstić information content (AvgIpc) is 2.68. The number of likely N-dealkylation sites (N-methyl/N-ethyl adjacent to an activating group) is 1. The fraction of sp³-hybridized carbons (Fsp3) is 0.500. The summed E-state index contributed by atoms with van der Waals surface area (Å²) in [5.74, 6) is 0.731. The zero-order valence-electron chi connectivity index (χ0n) is 17.3. The van der Waals surface area contributed by atoms with Crippen LogP contribution in [-0.4, -0.2) is 53.9 Å². The molecule has 2 aliphatic heterocycles. The van der Waals surface area contributed by atoms with E-state index in [1.807, 2.05) is 24.8 Å². The van der Waals surface area contributed by atoms with Crippen LogP contribution in [0.1, 0.15) is 52.4 Å². The molecule has 28 heavy (non-hydrogen) atoms. The number of aromatic nitrogens is 1. The van der Waals surface area contributed by atoms with Crippen molar-refractivity contribution in [3.05, 3.63) is 65.0 Å². The van der Waals surface area contributed by atoms with E-state index in [0.717, 1.165) is 55.8 Å². The molecule has 1 atom stereocenters. The minimum absolute atomic E-state index is 0.142. The number of carbonyl (C=O) groups is 1. The monoisotopic (exact) mass is 377 g/mol. The van der Waals surface area contributed by atoms with Crippen molar-refractivity contribution < 1.29 is 4.79 Å². The molecule has 148 valence electrons. The molecule has 2 fully saturated rings. The normalized spacial score (nSPS) is 22.4. The van der Waals surface area contributed by atoms with Gasteiger partial charge in [-0.25, -0.2) is 0 Å². The third kappa shape index (κ3) is 3.83. The van der Waals surface area contributed by atoms with Crippen molar-refractivity contribution in [1.82, 2.24) is 14.8 Å². The molecule has 4 nitrogen and oxygen atoms in total. The van der Waals surface area contributed by atoms with Gasteiger partial charge >= 0.3 is 0 Å². The zero-order chi connectivity index (χ0) is 19.7. The zero-order valence-corrected chi connectivity index (χ0v) is 17.3. The van der Waals surface area contributed by atoms with E-state index in [9.17, 15) is 4.79 Å². The largest absolute Gasteiger partial charge is 0.339 e. The number of hydrogen-bond donors (Lipinski definition) is 0. The first kappa shape index (κ1) is 19.1. The van der Waals surface area contributed by atoms with Crippen molar-refractivity contribution in [1.29, 1.82) is 0 Å². The van der Waals surface area contributed by atoms with E-state index in [2.05, 4.69) is 47.3 Å². The number of likely N-dealkylation sites (tertiary alicyclic amines) is 2. The molecule has 3 heterocycles. The highest BCUT2D eigenvalue weighted by atomic mass is 16.2. The van der Waals surface area contributed by atoms with Gasteiger partial charge in [-0.1, -0.05) is 30.3 Å². The lowest BCUT2D eigenvalue weighted by Crippen LogP contribution is -2.51. The molecule has 0 unspecified atom stereocenters. The second-order valence-electron chi connectivity index (χ2n) is 8.94. The highest BCUT2D eigenvalue weighted by molar-refractivity contribution is 5.95. The molecule has 2 aromatic rings. The molecule has 4 heteroatoms. The first-order valence-electron chi connectivity index (χ1n) is 10.4. The SMILES string of the molecule is Cc1cc(C)c(C(=O)N2CCC3(CC2)C[C@@H](c2ccccc2)CN(C)C3)cn1. The van der Waals surface area contributed by atoms with Gasteiger partial charge in [0.25, 0.3) is 5.91 Å². The molecule has 0 saturated carbocycles. The van der Waals surface area contributed by atoms with Gasteiger partial charge in [-0.15, -0.1) is 0 Å². The van der Waals surface area contributed by atoms with Gasteiger partial charge in [-0.05, 0) is 68.7 Å². The van der Waals surface area contributed by atoms with Crippen LogP contribution in [0, 0.1) is 19.3 Å². The van der Waals surface area contributed by atoms with Crippen LogP contribution in [0.3, 0.4) is 0 Å². The lowest BCUT2D eigenvalue weighted by atomic mass is 9.68. The molecule has 0 bridgehead atoms. The molecule has 2 aliphatic rings. The highest BCUT2D eigenvalue weighted by Gasteiger charge is 2.42. The van der Waals surface area contributed by atoms with Crippen LogP contribution in [-0.2, 0) is 0 Å². The Morgan fingerprint density at radius 1 is 1.14 bits per heavy atom. The Morgan fingerprint density at radius 2 is 1.86 bits per heavy atom. The van der Waals surface area contributed by atoms with Crippen LogP contribution >= 0.6 is 0 Å². The number of carbonyl (C=O) groups excluding carboxylic acids is 1. The van der Waals surface area contributed by atoms with Gasteiger partial charge in [0, 0.05) is 38.1 Å². The molecule has 1 aromatic carbocycles. The maximum atomic E-state index is 13.0. The van der Waals surface area contributed by atoms with E-state index in [0.29, 0.717) is 11.3 Å². The lowest BCUT2D eigenvalue weighted by Gasteiger charge is -2.49. The lowest BCUT2D eigenvalue weighted by molar-refractivity contribution is 0.0224. The minimum atomic E-state index is 0.142. The Bertz CT molecular complexity index is 840. The number of amides is 1. The number of piperidine rings is 2. The Morgan fingerprint density at radius 3 is 2.54 bits per heavy atom. The molecule has 1 aromatic heterocycles. The van der Waals surface area contributed by atoms with Gasteiger partial charge in [-0.2, -0.15) is 0 Å². The predicted octanol–water partition coefficient (Wildman–Crippen LogP) is 4.04. The Labute approximate surface area is 168 Å². The maximum absolute atomic E-state index is 13.0. The van der Waals surface area contributed by atoms with Crippen LogP contribution in [0.15, 0.2) is 42.6 Å². The number of rotatable bonds is 2. The first-order valence-corrected chi connectivity index (χ1v) is 10.4. The van der Waals surface area contributed by atoms with E-state index >= 15 is 0 Å². The van der Waals surface area contributed by atoms with Gasteiger partial charge < -0.3 is 9.80 Å². The standard InChI is InChI=1S/C24H31N3O/c1-18-13-19(2)25-15-22(18)23(28)27-11-9-24(10-12-27)14-21(16-26(3)17-24)20-7-5-4-6-8-20/h4-8,13,15,21H,9-12,14,16-17H2,1-3H3/t21-/m1/s1. The van der Waals surface area contributed by atoms with E-state index in [1.54, 1.807) is 6.20 Å². The number of hydrogen-bond acceptors (Lipinski definition) is 3.